The molecular weight excluding hydrogens is 849 g/mol. The molecule has 50 heavy (non-hydrogen) atoms. The van der Waals surface area contributed by atoms with E-state index in [4.69, 9.17) is 7.16 Å². The second kappa shape index (κ2) is 16.0. The first-order valence-electron chi connectivity index (χ1n) is 18.4. The number of fused-ring (bicyclic) bond motifs is 3. The molecule has 0 spiro atoms. The van der Waals surface area contributed by atoms with Crippen molar-refractivity contribution in [1.29, 1.82) is 0 Å². The van der Waals surface area contributed by atoms with Crippen molar-refractivity contribution in [2.24, 2.45) is 5.92 Å². The molecule has 1 radical (unpaired) electrons. The fraction of sp³-hybridized carbons (Fsp3) is 0.244. The van der Waals surface area contributed by atoms with Gasteiger partial charge in [-0.25, -0.2) is 0 Å². The van der Waals surface area contributed by atoms with Gasteiger partial charge in [0, 0.05) is 34.4 Å². The summed E-state index contributed by atoms with van der Waals surface area (Å²) in [6.45, 7) is 2.19. The smallest absolute Gasteiger partial charge is 0.121 e. The van der Waals surface area contributed by atoms with Crippen LogP contribution in [0.25, 0.3) is 55.6 Å². The van der Waals surface area contributed by atoms with Crippen LogP contribution in [-0.2, 0) is 26.5 Å². The molecule has 3 heterocycles. The van der Waals surface area contributed by atoms with Crippen LogP contribution in [0.3, 0.4) is 0 Å². The first-order valence-corrected chi connectivity index (χ1v) is 24.8. The van der Waals surface area contributed by atoms with Gasteiger partial charge in [-0.3, -0.25) is 0 Å². The summed E-state index contributed by atoms with van der Waals surface area (Å²) in [4.78, 5) is 9.19. The third kappa shape index (κ3) is 8.20. The van der Waals surface area contributed by atoms with E-state index in [1.54, 1.807) is 6.20 Å². The number of benzene rings is 4. The van der Waals surface area contributed by atoms with Crippen LogP contribution in [-0.4, -0.2) is 23.2 Å². The van der Waals surface area contributed by atoms with E-state index in [0.717, 1.165) is 75.6 Å². The standard InChI is InChI=1S/C30H26NO.C15H18GeN.Ir/c1-3-8-21(9-4-1)18-22-16-17-31-28(19-22)27-13-7-12-26-25-15-14-24(20-29(25)32-30(26)27)23-10-5-2-6-11-23;1-12-10-15(13-8-6-5-7-9-13)17-11-14(12)16(2,3)4;/h2,5-7,10-12,14-17,19-21H,1,3-4,8-9,18H2;5-8,10-11H,1-4H3;/q2*-1;/i18D2;;. The Kier molecular flexibility index (Phi) is 10.7. The molecule has 0 saturated heterocycles. The third-order valence-electron chi connectivity index (χ3n) is 9.44. The van der Waals surface area contributed by atoms with Crippen molar-refractivity contribution in [2.45, 2.75) is 62.7 Å². The maximum absolute atomic E-state index is 8.88. The number of rotatable bonds is 6. The van der Waals surface area contributed by atoms with Gasteiger partial charge in [-0.1, -0.05) is 97.1 Å². The molecule has 8 rings (SSSR count). The van der Waals surface area contributed by atoms with Crippen LogP contribution in [0.15, 0.2) is 120 Å². The van der Waals surface area contributed by atoms with E-state index < -0.39 is 19.6 Å². The first kappa shape index (κ1) is 33.3. The number of hydrogen-bond donors (Lipinski definition) is 0. The molecule has 3 aromatic heterocycles. The number of aromatic nitrogens is 2. The van der Waals surface area contributed by atoms with Gasteiger partial charge < -0.3 is 9.40 Å². The van der Waals surface area contributed by atoms with Gasteiger partial charge in [0.05, 0.1) is 5.58 Å². The van der Waals surface area contributed by atoms with E-state index in [-0.39, 0.29) is 26.0 Å². The Balaban J connectivity index is 0.000000218. The van der Waals surface area contributed by atoms with Gasteiger partial charge in [0.1, 0.15) is 5.58 Å². The van der Waals surface area contributed by atoms with Gasteiger partial charge in [0.2, 0.25) is 0 Å². The van der Waals surface area contributed by atoms with E-state index in [9.17, 15) is 0 Å². The van der Waals surface area contributed by atoms with Crippen LogP contribution in [0.4, 0.5) is 0 Å². The van der Waals surface area contributed by atoms with Crippen LogP contribution >= 0.6 is 0 Å². The topological polar surface area (TPSA) is 38.9 Å². The third-order valence-corrected chi connectivity index (χ3v) is 13.9. The summed E-state index contributed by atoms with van der Waals surface area (Å²) < 4.78 is 25.6. The fourth-order valence-corrected chi connectivity index (χ4v) is 10.5. The zero-order chi connectivity index (χ0) is 35.6. The van der Waals surface area contributed by atoms with Gasteiger partial charge in [0.25, 0.3) is 0 Å². The Morgan fingerprint density at radius 3 is 2.32 bits per heavy atom. The van der Waals surface area contributed by atoms with Crippen LogP contribution in [0.2, 0.25) is 17.3 Å². The van der Waals surface area contributed by atoms with E-state index in [1.165, 1.54) is 16.4 Å². The van der Waals surface area contributed by atoms with E-state index >= 15 is 0 Å². The summed E-state index contributed by atoms with van der Waals surface area (Å²) in [6.07, 6.45) is 7.74. The second-order valence-electron chi connectivity index (χ2n) is 14.1. The number of pyridine rings is 2. The maximum Gasteiger partial charge on any atom is 0.121 e. The fourth-order valence-electron chi connectivity index (χ4n) is 6.92. The summed E-state index contributed by atoms with van der Waals surface area (Å²) >= 11 is -1.77. The number of furan rings is 1. The Bertz CT molecular complexity index is 2280. The predicted octanol–water partition coefficient (Wildman–Crippen LogP) is 11.6. The molecular formula is C45H44GeIrN2O-2. The Morgan fingerprint density at radius 1 is 0.780 bits per heavy atom. The molecule has 5 heteroatoms. The number of nitrogens with zero attached hydrogens (tertiary/aromatic N) is 2. The number of hydrogen-bond acceptors (Lipinski definition) is 3. The molecule has 0 bridgehead atoms. The largest absolute Gasteiger partial charge is 0.501 e. The van der Waals surface area contributed by atoms with E-state index in [1.807, 2.05) is 60.7 Å². The van der Waals surface area contributed by atoms with Crippen molar-refractivity contribution in [2.75, 3.05) is 0 Å². The molecule has 0 unspecified atom stereocenters. The molecule has 4 aromatic carbocycles. The summed E-state index contributed by atoms with van der Waals surface area (Å²) in [7, 11) is 0. The summed E-state index contributed by atoms with van der Waals surface area (Å²) in [6, 6.07) is 41.0. The van der Waals surface area contributed by atoms with Gasteiger partial charge >= 0.3 is 106 Å². The first-order chi connectivity index (χ1) is 24.6. The molecule has 0 aliphatic heterocycles. The Morgan fingerprint density at radius 2 is 1.58 bits per heavy atom. The van der Waals surface area contributed by atoms with Crippen molar-refractivity contribution in [3.63, 3.8) is 0 Å². The van der Waals surface area contributed by atoms with Crippen molar-refractivity contribution < 1.29 is 27.3 Å². The monoisotopic (exact) mass is 897 g/mol. The molecule has 0 N–H and O–H groups in total. The molecule has 1 fully saturated rings. The number of aryl methyl sites for hydroxylation is 1. The van der Waals surface area contributed by atoms with Crippen molar-refractivity contribution >= 4 is 39.6 Å². The van der Waals surface area contributed by atoms with Crippen molar-refractivity contribution in [1.82, 2.24) is 9.97 Å². The predicted molar refractivity (Wildman–Crippen MR) is 208 cm³/mol. The summed E-state index contributed by atoms with van der Waals surface area (Å²) in [5, 5.41) is 2.07. The van der Waals surface area contributed by atoms with Crippen molar-refractivity contribution in [3.05, 3.63) is 139 Å². The Labute approximate surface area is 316 Å². The van der Waals surface area contributed by atoms with Crippen LogP contribution in [0.5, 0.6) is 0 Å². The zero-order valence-corrected chi connectivity index (χ0v) is 33.7. The molecule has 255 valence electrons. The normalized spacial score (nSPS) is 14.3. The van der Waals surface area contributed by atoms with E-state index in [2.05, 4.69) is 95.0 Å². The Hall–Kier alpha value is -3.83. The average Bonchev–Trinajstić information content (AvgIpc) is 3.54. The summed E-state index contributed by atoms with van der Waals surface area (Å²) in [5.74, 6) is 7.26. The van der Waals surface area contributed by atoms with Gasteiger partial charge in [-0.05, 0) is 41.2 Å². The average molecular weight is 896 g/mol. The van der Waals surface area contributed by atoms with Crippen LogP contribution in [0, 0.1) is 25.0 Å². The molecule has 1 aliphatic carbocycles. The van der Waals surface area contributed by atoms with Gasteiger partial charge in [-0.2, -0.15) is 0 Å². The maximum atomic E-state index is 8.88. The molecule has 7 aromatic rings. The van der Waals surface area contributed by atoms with Gasteiger partial charge in [0.15, 0.2) is 0 Å². The molecule has 0 amide bonds. The minimum atomic E-state index is -1.77. The summed E-state index contributed by atoms with van der Waals surface area (Å²) in [5.41, 5.74) is 9.46. The zero-order valence-electron chi connectivity index (χ0n) is 31.2. The minimum Gasteiger partial charge on any atom is -0.501 e. The van der Waals surface area contributed by atoms with Crippen LogP contribution in [0.1, 0.15) is 46.0 Å². The second-order valence-corrected chi connectivity index (χ2v) is 24.7. The molecule has 0 atom stereocenters. The minimum absolute atomic E-state index is 0. The van der Waals surface area contributed by atoms with Crippen LogP contribution < -0.4 is 4.40 Å². The SMILES string of the molecule is Cc1cc(-c2[c-]cccc2)nc[c]1[Ge]([CH3])([CH3])[CH3].[2H]C([2H])(c1ccnc(-c2[c-]ccc3c2oc2cc(-c4ccccc4)ccc23)c1)C1CCCCC1.[Ir]. The molecule has 3 nitrogen and oxygen atoms in total. The van der Waals surface area contributed by atoms with E-state index in [0.29, 0.717) is 11.3 Å². The molecule has 1 saturated carbocycles. The molecule has 1 aliphatic rings. The van der Waals surface area contributed by atoms with Gasteiger partial charge in [-0.15, -0.1) is 18.2 Å². The van der Waals surface area contributed by atoms with Crippen molar-refractivity contribution in [3.8, 4) is 33.6 Å². The quantitative estimate of drug-likeness (QED) is 0.123.